The van der Waals surface area contributed by atoms with Gasteiger partial charge >= 0.3 is 12.1 Å². The molecule has 1 N–H and O–H groups in total. The lowest BCUT2D eigenvalue weighted by Gasteiger charge is -2.11. The van der Waals surface area contributed by atoms with Gasteiger partial charge in [-0.1, -0.05) is 35.9 Å². The maximum Gasteiger partial charge on any atom is 0.427 e. The van der Waals surface area contributed by atoms with E-state index >= 15 is 0 Å². The van der Waals surface area contributed by atoms with E-state index in [1.165, 1.54) is 0 Å². The van der Waals surface area contributed by atoms with E-state index in [1.807, 2.05) is 0 Å². The molecule has 0 bridgehead atoms. The number of carbonyl (C=O) groups is 1. The summed E-state index contributed by atoms with van der Waals surface area (Å²) in [7, 11) is 0. The first kappa shape index (κ1) is 20.7. The molecule has 0 spiro atoms. The maximum absolute atomic E-state index is 13.5. The predicted molar refractivity (Wildman–Crippen MR) is 107 cm³/mol. The van der Waals surface area contributed by atoms with Crippen LogP contribution in [0.2, 0.25) is 5.02 Å². The van der Waals surface area contributed by atoms with Gasteiger partial charge in [-0.05, 0) is 53.7 Å². The van der Waals surface area contributed by atoms with Crippen molar-refractivity contribution in [3.8, 4) is 17.0 Å². The fourth-order valence-electron chi connectivity index (χ4n) is 3.30. The lowest BCUT2D eigenvalue weighted by atomic mass is 10.1. The van der Waals surface area contributed by atoms with Crippen LogP contribution >= 0.6 is 23.1 Å². The standard InChI is InChI=1S/C21H15ClF3NO3S/c22-13-5-1-12(2-6-13)18-17(19(30-26-18)21(23,24)25)10-29-14-7-3-11(4-8-14)15-9-16(15)20(27)28/h1-8,15-16H,9-10H2,(H,27,28). The molecule has 0 saturated heterocycles. The summed E-state index contributed by atoms with van der Waals surface area (Å²) in [5.74, 6) is -0.816. The first-order chi connectivity index (χ1) is 14.2. The highest BCUT2D eigenvalue weighted by Gasteiger charge is 2.44. The third kappa shape index (κ3) is 4.29. The fraction of sp³-hybridized carbons (Fsp3) is 0.238. The van der Waals surface area contributed by atoms with Gasteiger partial charge in [0.05, 0.1) is 11.6 Å². The lowest BCUT2D eigenvalue weighted by Crippen LogP contribution is -2.08. The number of nitrogens with zero attached hydrogens (tertiary/aromatic N) is 1. The van der Waals surface area contributed by atoms with Crippen molar-refractivity contribution in [3.63, 3.8) is 0 Å². The second kappa shape index (κ2) is 7.92. The summed E-state index contributed by atoms with van der Waals surface area (Å²) < 4.78 is 50.0. The molecule has 4 nitrogen and oxygen atoms in total. The van der Waals surface area contributed by atoms with E-state index in [4.69, 9.17) is 21.4 Å². The molecular weight excluding hydrogens is 439 g/mol. The third-order valence-electron chi connectivity index (χ3n) is 4.96. The highest BCUT2D eigenvalue weighted by atomic mass is 35.5. The number of aromatic nitrogens is 1. The zero-order valence-electron chi connectivity index (χ0n) is 15.3. The van der Waals surface area contributed by atoms with Gasteiger partial charge in [0.1, 0.15) is 17.2 Å². The minimum Gasteiger partial charge on any atom is -0.489 e. The minimum atomic E-state index is -4.54. The minimum absolute atomic E-state index is 0.0223. The summed E-state index contributed by atoms with van der Waals surface area (Å²) in [6, 6.07) is 13.2. The largest absolute Gasteiger partial charge is 0.489 e. The number of aliphatic carboxylic acids is 1. The number of benzene rings is 2. The van der Waals surface area contributed by atoms with E-state index in [1.54, 1.807) is 48.5 Å². The first-order valence-electron chi connectivity index (χ1n) is 9.01. The van der Waals surface area contributed by atoms with Gasteiger partial charge in [-0.25, -0.2) is 0 Å². The van der Waals surface area contributed by atoms with Crippen molar-refractivity contribution in [2.75, 3.05) is 0 Å². The number of halogens is 4. The van der Waals surface area contributed by atoms with Gasteiger partial charge in [-0.2, -0.15) is 17.5 Å². The van der Waals surface area contributed by atoms with Crippen LogP contribution in [0.25, 0.3) is 11.3 Å². The van der Waals surface area contributed by atoms with Crippen molar-refractivity contribution in [1.29, 1.82) is 0 Å². The van der Waals surface area contributed by atoms with Crippen LogP contribution in [0.1, 0.15) is 28.3 Å². The highest BCUT2D eigenvalue weighted by Crippen LogP contribution is 2.47. The van der Waals surface area contributed by atoms with Gasteiger partial charge in [-0.3, -0.25) is 4.79 Å². The molecule has 4 rings (SSSR count). The van der Waals surface area contributed by atoms with E-state index in [-0.39, 0.29) is 29.7 Å². The average Bonchev–Trinajstić information content (AvgIpc) is 3.39. The molecule has 1 heterocycles. The van der Waals surface area contributed by atoms with Crippen molar-refractivity contribution in [2.24, 2.45) is 5.92 Å². The molecule has 1 fully saturated rings. The molecular formula is C21H15ClF3NO3S. The molecule has 3 aromatic rings. The summed E-state index contributed by atoms with van der Waals surface area (Å²) in [6.07, 6.45) is -3.95. The summed E-state index contributed by atoms with van der Waals surface area (Å²) in [6.45, 7) is -0.302. The zero-order valence-corrected chi connectivity index (χ0v) is 16.9. The van der Waals surface area contributed by atoms with Gasteiger partial charge in [0.15, 0.2) is 0 Å². The van der Waals surface area contributed by atoms with E-state index in [9.17, 15) is 18.0 Å². The molecule has 2 atom stereocenters. The van der Waals surface area contributed by atoms with Crippen LogP contribution in [0, 0.1) is 5.92 Å². The number of alkyl halides is 3. The van der Waals surface area contributed by atoms with E-state index in [0.29, 0.717) is 34.3 Å². The molecule has 2 aromatic carbocycles. The van der Waals surface area contributed by atoms with Gasteiger partial charge < -0.3 is 9.84 Å². The van der Waals surface area contributed by atoms with Crippen molar-refractivity contribution >= 4 is 29.1 Å². The first-order valence-corrected chi connectivity index (χ1v) is 10.2. The molecule has 1 aromatic heterocycles. The molecule has 30 heavy (non-hydrogen) atoms. The van der Waals surface area contributed by atoms with Crippen LogP contribution in [0.4, 0.5) is 13.2 Å². The number of rotatable bonds is 6. The van der Waals surface area contributed by atoms with Crippen molar-refractivity contribution in [2.45, 2.75) is 25.1 Å². The molecule has 1 saturated carbocycles. The Morgan fingerprint density at radius 2 is 1.83 bits per heavy atom. The van der Waals surface area contributed by atoms with Crippen LogP contribution in [0.5, 0.6) is 5.75 Å². The monoisotopic (exact) mass is 453 g/mol. The second-order valence-corrected chi connectivity index (χ2v) is 8.20. The summed E-state index contributed by atoms with van der Waals surface area (Å²) in [4.78, 5) is 10.2. The number of hydrogen-bond donors (Lipinski definition) is 1. The van der Waals surface area contributed by atoms with Crippen LogP contribution in [0.3, 0.4) is 0 Å². The molecule has 1 aliphatic rings. The highest BCUT2D eigenvalue weighted by molar-refractivity contribution is 7.06. The third-order valence-corrected chi connectivity index (χ3v) is 6.15. The van der Waals surface area contributed by atoms with Crippen molar-refractivity contribution in [3.05, 3.63) is 69.6 Å². The Balaban J connectivity index is 1.54. The SMILES string of the molecule is O=C(O)C1CC1c1ccc(OCc2c(-c3ccc(Cl)cc3)nsc2C(F)(F)F)cc1. The van der Waals surface area contributed by atoms with Gasteiger partial charge in [0.2, 0.25) is 0 Å². The molecule has 1 aliphatic carbocycles. The number of carboxylic acid groups (broad SMARTS) is 1. The number of ether oxygens (including phenoxy) is 1. The van der Waals surface area contributed by atoms with Gasteiger partial charge in [0, 0.05) is 16.1 Å². The molecule has 0 radical (unpaired) electrons. The average molecular weight is 454 g/mol. The molecule has 9 heteroatoms. The Bertz CT molecular complexity index is 1060. The van der Waals surface area contributed by atoms with Crippen molar-refractivity contribution < 1.29 is 27.8 Å². The predicted octanol–water partition coefficient (Wildman–Crippen LogP) is 6.25. The molecule has 2 unspecified atom stereocenters. The topological polar surface area (TPSA) is 59.4 Å². The van der Waals surface area contributed by atoms with E-state index in [0.717, 1.165) is 5.56 Å². The second-order valence-electron chi connectivity index (χ2n) is 6.99. The van der Waals surface area contributed by atoms with Gasteiger partial charge in [0.25, 0.3) is 0 Å². The lowest BCUT2D eigenvalue weighted by molar-refractivity contribution is -0.138. The fourth-order valence-corrected chi connectivity index (χ4v) is 4.20. The Labute approximate surface area is 179 Å². The van der Waals surface area contributed by atoms with Crippen LogP contribution in [-0.2, 0) is 17.6 Å². The van der Waals surface area contributed by atoms with Crippen LogP contribution in [-0.4, -0.2) is 15.4 Å². The summed E-state index contributed by atoms with van der Waals surface area (Å²) >= 11 is 6.26. The van der Waals surface area contributed by atoms with Crippen molar-refractivity contribution in [1.82, 2.24) is 4.37 Å². The van der Waals surface area contributed by atoms with E-state index < -0.39 is 17.0 Å². The van der Waals surface area contributed by atoms with Crippen LogP contribution in [0.15, 0.2) is 48.5 Å². The molecule has 156 valence electrons. The molecule has 0 aliphatic heterocycles. The summed E-state index contributed by atoms with van der Waals surface area (Å²) in [5.41, 5.74) is 1.58. The van der Waals surface area contributed by atoms with E-state index in [2.05, 4.69) is 4.37 Å². The Morgan fingerprint density at radius 1 is 1.17 bits per heavy atom. The Hall–Kier alpha value is -2.58. The normalized spacial score (nSPS) is 18.3. The Kier molecular flexibility index (Phi) is 5.46. The number of carboxylic acids is 1. The zero-order chi connectivity index (χ0) is 21.5. The number of hydrogen-bond acceptors (Lipinski definition) is 4. The van der Waals surface area contributed by atoms with Crippen LogP contribution < -0.4 is 4.74 Å². The van der Waals surface area contributed by atoms with Gasteiger partial charge in [-0.15, -0.1) is 0 Å². The quantitative estimate of drug-likeness (QED) is 0.479. The maximum atomic E-state index is 13.5. The summed E-state index contributed by atoms with van der Waals surface area (Å²) in [5, 5.41) is 9.50. The smallest absolute Gasteiger partial charge is 0.427 e. The Morgan fingerprint density at radius 3 is 2.40 bits per heavy atom. The molecule has 0 amide bonds.